The molecule has 0 fully saturated rings. The Morgan fingerprint density at radius 1 is 1.43 bits per heavy atom. The fourth-order valence-corrected chi connectivity index (χ4v) is 4.27. The first-order valence-electron chi connectivity index (χ1n) is 7.62. The van der Waals surface area contributed by atoms with Crippen LogP contribution in [0.25, 0.3) is 0 Å². The maximum absolute atomic E-state index is 13.2. The van der Waals surface area contributed by atoms with Crippen LogP contribution < -0.4 is 0 Å². The highest BCUT2D eigenvalue weighted by molar-refractivity contribution is 7.88. The van der Waals surface area contributed by atoms with Gasteiger partial charge in [0.05, 0.1) is 5.75 Å². The molecule has 2 heterocycles. The van der Waals surface area contributed by atoms with E-state index >= 15 is 0 Å². The number of aryl methyl sites for hydroxylation is 1. The summed E-state index contributed by atoms with van der Waals surface area (Å²) in [4.78, 5) is 4.28. The normalized spacial score (nSPS) is 18.1. The Kier molecular flexibility index (Phi) is 4.50. The number of imidazole rings is 1. The molecule has 2 aromatic rings. The van der Waals surface area contributed by atoms with Gasteiger partial charge in [-0.2, -0.15) is 0 Å². The number of hydrogen-bond donors (Lipinski definition) is 0. The van der Waals surface area contributed by atoms with Gasteiger partial charge in [-0.3, -0.25) is 0 Å². The third-order valence-electron chi connectivity index (χ3n) is 4.26. The van der Waals surface area contributed by atoms with E-state index in [0.717, 1.165) is 25.2 Å². The van der Waals surface area contributed by atoms with Gasteiger partial charge in [0.15, 0.2) is 0 Å². The lowest BCUT2D eigenvalue weighted by atomic mass is 10.00. The molecule has 1 atom stereocenters. The summed E-state index contributed by atoms with van der Waals surface area (Å²) in [6.45, 7) is 1.25. The van der Waals surface area contributed by atoms with E-state index in [-0.39, 0.29) is 11.7 Å². The molecule has 0 bridgehead atoms. The first-order valence-corrected chi connectivity index (χ1v) is 9.23. The summed E-state index contributed by atoms with van der Waals surface area (Å²) in [6, 6.07) is 5.74. The van der Waals surface area contributed by atoms with Crippen LogP contribution in [0.1, 0.15) is 17.8 Å². The Labute approximate surface area is 135 Å². The largest absolute Gasteiger partial charge is 0.335 e. The summed E-state index contributed by atoms with van der Waals surface area (Å²) < 4.78 is 41.6. The summed E-state index contributed by atoms with van der Waals surface area (Å²) in [6.07, 6.45) is 5.51. The third-order valence-corrected chi connectivity index (χ3v) is 6.06. The van der Waals surface area contributed by atoms with E-state index in [1.807, 2.05) is 6.20 Å². The molecule has 1 aromatic carbocycles. The van der Waals surface area contributed by atoms with Gasteiger partial charge in [0.2, 0.25) is 10.0 Å². The van der Waals surface area contributed by atoms with Crippen molar-refractivity contribution >= 4 is 10.0 Å². The summed E-state index contributed by atoms with van der Waals surface area (Å²) in [5, 5.41) is 0. The molecule has 7 heteroatoms. The topological polar surface area (TPSA) is 55.2 Å². The van der Waals surface area contributed by atoms with Gasteiger partial charge < -0.3 is 4.57 Å². The van der Waals surface area contributed by atoms with Crippen LogP contribution in [-0.4, -0.2) is 35.9 Å². The first kappa shape index (κ1) is 16.1. The van der Waals surface area contributed by atoms with E-state index < -0.39 is 15.8 Å². The van der Waals surface area contributed by atoms with Crippen molar-refractivity contribution in [3.63, 3.8) is 0 Å². The van der Waals surface area contributed by atoms with Crippen LogP contribution in [0.15, 0.2) is 36.7 Å². The summed E-state index contributed by atoms with van der Waals surface area (Å²) >= 11 is 0. The second-order valence-corrected chi connectivity index (χ2v) is 8.14. The van der Waals surface area contributed by atoms with Gasteiger partial charge in [0, 0.05) is 39.0 Å². The molecule has 1 aromatic heterocycles. The van der Waals surface area contributed by atoms with Gasteiger partial charge in [-0.25, -0.2) is 22.1 Å². The number of rotatable bonds is 5. The average Bonchev–Trinajstić information content (AvgIpc) is 2.94. The lowest BCUT2D eigenvalue weighted by molar-refractivity contribution is 0.303. The Bertz CT molecular complexity index is 788. The number of hydrogen-bond acceptors (Lipinski definition) is 3. The molecule has 124 valence electrons. The van der Waals surface area contributed by atoms with E-state index in [9.17, 15) is 12.8 Å². The zero-order valence-corrected chi connectivity index (χ0v) is 13.8. The van der Waals surface area contributed by atoms with E-state index in [1.54, 1.807) is 19.3 Å². The average molecular weight is 337 g/mol. The molecule has 23 heavy (non-hydrogen) atoms. The van der Waals surface area contributed by atoms with Crippen molar-refractivity contribution in [3.05, 3.63) is 53.9 Å². The minimum absolute atomic E-state index is 0.176. The van der Waals surface area contributed by atoms with Gasteiger partial charge in [0.1, 0.15) is 11.6 Å². The number of aromatic nitrogens is 2. The Morgan fingerprint density at radius 3 is 3.04 bits per heavy atom. The zero-order chi connectivity index (χ0) is 16.4. The van der Waals surface area contributed by atoms with Crippen molar-refractivity contribution in [3.8, 4) is 0 Å². The quantitative estimate of drug-likeness (QED) is 0.839. The van der Waals surface area contributed by atoms with E-state index in [1.165, 1.54) is 22.5 Å². The Balaban J connectivity index is 1.64. The SMILES string of the molecule is CN(C[C@@H]1CCc2nccn2C1)S(=O)(=O)Cc1cccc(F)c1. The molecule has 0 spiro atoms. The van der Waals surface area contributed by atoms with Gasteiger partial charge in [-0.1, -0.05) is 12.1 Å². The van der Waals surface area contributed by atoms with Gasteiger partial charge in [0.25, 0.3) is 0 Å². The van der Waals surface area contributed by atoms with Crippen LogP contribution in [0.5, 0.6) is 0 Å². The maximum Gasteiger partial charge on any atom is 0.218 e. The van der Waals surface area contributed by atoms with Crippen LogP contribution in [-0.2, 0) is 28.7 Å². The van der Waals surface area contributed by atoms with Crippen molar-refractivity contribution in [2.75, 3.05) is 13.6 Å². The highest BCUT2D eigenvalue weighted by atomic mass is 32.2. The number of fused-ring (bicyclic) bond motifs is 1. The van der Waals surface area contributed by atoms with Crippen LogP contribution in [0.2, 0.25) is 0 Å². The summed E-state index contributed by atoms with van der Waals surface area (Å²) in [5.41, 5.74) is 0.470. The molecule has 0 saturated heterocycles. The Hall–Kier alpha value is -1.73. The highest BCUT2D eigenvalue weighted by Gasteiger charge is 2.25. The lowest BCUT2D eigenvalue weighted by Crippen LogP contribution is -2.36. The maximum atomic E-state index is 13.2. The molecule has 0 aliphatic carbocycles. The summed E-state index contributed by atoms with van der Waals surface area (Å²) in [7, 11) is -1.86. The molecule has 0 amide bonds. The molecule has 0 radical (unpaired) electrons. The van der Waals surface area contributed by atoms with Gasteiger partial charge >= 0.3 is 0 Å². The predicted octanol–water partition coefficient (Wildman–Crippen LogP) is 2.05. The monoisotopic (exact) mass is 337 g/mol. The number of sulfonamides is 1. The molecule has 0 unspecified atom stereocenters. The molecular weight excluding hydrogens is 317 g/mol. The molecule has 1 aliphatic heterocycles. The van der Waals surface area contributed by atoms with Crippen LogP contribution in [0.3, 0.4) is 0 Å². The zero-order valence-electron chi connectivity index (χ0n) is 13.0. The molecule has 0 saturated carbocycles. The van der Waals surface area contributed by atoms with Crippen LogP contribution in [0, 0.1) is 11.7 Å². The summed E-state index contributed by atoms with van der Waals surface area (Å²) in [5.74, 6) is 0.736. The van der Waals surface area contributed by atoms with Crippen molar-refractivity contribution in [2.45, 2.75) is 25.1 Å². The van der Waals surface area contributed by atoms with Crippen LogP contribution >= 0.6 is 0 Å². The molecule has 5 nitrogen and oxygen atoms in total. The smallest absolute Gasteiger partial charge is 0.218 e. The van der Waals surface area contributed by atoms with Crippen molar-refractivity contribution in [1.29, 1.82) is 0 Å². The standard InChI is InChI=1S/C16H20FN3O2S/c1-19(10-14-5-6-16-18-7-8-20(16)11-14)23(21,22)12-13-3-2-4-15(17)9-13/h2-4,7-9,14H,5-6,10-12H2,1H3/t14-/m0/s1. The molecular formula is C16H20FN3O2S. The van der Waals surface area contributed by atoms with Gasteiger partial charge in [-0.15, -0.1) is 0 Å². The number of benzene rings is 1. The fraction of sp³-hybridized carbons (Fsp3) is 0.438. The van der Waals surface area contributed by atoms with E-state index in [2.05, 4.69) is 9.55 Å². The highest BCUT2D eigenvalue weighted by Crippen LogP contribution is 2.21. The van der Waals surface area contributed by atoms with E-state index in [0.29, 0.717) is 12.1 Å². The van der Waals surface area contributed by atoms with Gasteiger partial charge in [-0.05, 0) is 30.0 Å². The molecule has 3 rings (SSSR count). The first-order chi connectivity index (χ1) is 10.9. The van der Waals surface area contributed by atoms with E-state index in [4.69, 9.17) is 0 Å². The lowest BCUT2D eigenvalue weighted by Gasteiger charge is -2.27. The Morgan fingerprint density at radius 2 is 2.26 bits per heavy atom. The minimum Gasteiger partial charge on any atom is -0.335 e. The van der Waals surface area contributed by atoms with Crippen molar-refractivity contribution in [2.24, 2.45) is 5.92 Å². The van der Waals surface area contributed by atoms with Crippen LogP contribution in [0.4, 0.5) is 4.39 Å². The minimum atomic E-state index is -3.45. The predicted molar refractivity (Wildman–Crippen MR) is 85.7 cm³/mol. The third kappa shape index (κ3) is 3.79. The number of nitrogens with zero attached hydrogens (tertiary/aromatic N) is 3. The fourth-order valence-electron chi connectivity index (χ4n) is 3.01. The second kappa shape index (κ2) is 6.41. The molecule has 1 aliphatic rings. The van der Waals surface area contributed by atoms with Crippen molar-refractivity contribution in [1.82, 2.24) is 13.9 Å². The number of halogens is 1. The second-order valence-electron chi connectivity index (χ2n) is 6.07. The molecule has 0 N–H and O–H groups in total. The van der Waals surface area contributed by atoms with Crippen molar-refractivity contribution < 1.29 is 12.8 Å².